The molecule has 0 aromatic carbocycles. The average Bonchev–Trinajstić information content (AvgIpc) is 3.08. The highest BCUT2D eigenvalue weighted by Crippen LogP contribution is 2.13. The summed E-state index contributed by atoms with van der Waals surface area (Å²) in [7, 11) is 1.69. The number of nitrogens with one attached hydrogen (secondary N) is 2. The van der Waals surface area contributed by atoms with E-state index in [0.29, 0.717) is 36.7 Å². The van der Waals surface area contributed by atoms with E-state index in [-0.39, 0.29) is 0 Å². The molecule has 0 saturated heterocycles. The largest absolute Gasteiger partial charge is 0.359 e. The van der Waals surface area contributed by atoms with E-state index in [2.05, 4.69) is 44.8 Å². The van der Waals surface area contributed by atoms with E-state index >= 15 is 0 Å². The molecule has 2 rings (SSSR count). The fourth-order valence-corrected chi connectivity index (χ4v) is 1.65. The average molecular weight is 292 g/mol. The Kier molecular flexibility index (Phi) is 4.91. The fraction of sp³-hybridized carbons (Fsp3) is 0.538. The van der Waals surface area contributed by atoms with Gasteiger partial charge in [-0.25, -0.2) is 0 Å². The molecule has 114 valence electrons. The van der Waals surface area contributed by atoms with Gasteiger partial charge in [0, 0.05) is 13.1 Å². The summed E-state index contributed by atoms with van der Waals surface area (Å²) in [5.41, 5.74) is 0.941. The molecule has 0 radical (unpaired) electrons. The summed E-state index contributed by atoms with van der Waals surface area (Å²) >= 11 is 0. The van der Waals surface area contributed by atoms with E-state index in [1.165, 1.54) is 0 Å². The minimum absolute atomic E-state index is 0.348. The van der Waals surface area contributed by atoms with Crippen molar-refractivity contribution in [2.24, 2.45) is 4.99 Å². The zero-order valence-electron chi connectivity index (χ0n) is 12.7. The van der Waals surface area contributed by atoms with Crippen molar-refractivity contribution in [1.29, 1.82) is 0 Å². The van der Waals surface area contributed by atoms with E-state index in [0.717, 1.165) is 11.5 Å². The van der Waals surface area contributed by atoms with Crippen LogP contribution in [0, 0.1) is 6.92 Å². The number of aromatic nitrogens is 3. The Morgan fingerprint density at radius 1 is 1.24 bits per heavy atom. The molecule has 0 spiro atoms. The second kappa shape index (κ2) is 6.87. The highest BCUT2D eigenvalue weighted by molar-refractivity contribution is 5.79. The third-order valence-corrected chi connectivity index (χ3v) is 2.80. The van der Waals surface area contributed by atoms with Crippen molar-refractivity contribution in [3.05, 3.63) is 29.2 Å². The number of rotatable bonds is 5. The third kappa shape index (κ3) is 4.30. The molecule has 8 heteroatoms. The topological polar surface area (TPSA) is 101 Å². The first kappa shape index (κ1) is 15.0. The smallest absolute Gasteiger partial charge is 0.246 e. The van der Waals surface area contributed by atoms with Gasteiger partial charge in [-0.2, -0.15) is 4.98 Å². The van der Waals surface area contributed by atoms with Gasteiger partial charge in [0.05, 0.1) is 18.8 Å². The number of hydrogen-bond acceptors (Lipinski definition) is 6. The lowest BCUT2D eigenvalue weighted by Gasteiger charge is -2.08. The van der Waals surface area contributed by atoms with E-state index in [4.69, 9.17) is 9.05 Å². The third-order valence-electron chi connectivity index (χ3n) is 2.80. The molecule has 21 heavy (non-hydrogen) atoms. The van der Waals surface area contributed by atoms with Crippen LogP contribution in [-0.4, -0.2) is 28.3 Å². The highest BCUT2D eigenvalue weighted by Gasteiger charge is 2.09. The van der Waals surface area contributed by atoms with Crippen LogP contribution in [0.4, 0.5) is 0 Å². The lowest BCUT2D eigenvalue weighted by atomic mass is 10.1. The molecule has 0 bridgehead atoms. The Balaban J connectivity index is 1.82. The van der Waals surface area contributed by atoms with Gasteiger partial charge in [0.15, 0.2) is 17.5 Å². The summed E-state index contributed by atoms with van der Waals surface area (Å²) in [6.45, 7) is 6.83. The fourth-order valence-electron chi connectivity index (χ4n) is 1.65. The second-order valence-electron chi connectivity index (χ2n) is 4.89. The number of aliphatic imine (C=N–C) groups is 1. The zero-order valence-corrected chi connectivity index (χ0v) is 12.7. The Morgan fingerprint density at radius 2 is 2.00 bits per heavy atom. The molecule has 2 heterocycles. The Labute approximate surface area is 123 Å². The molecule has 0 saturated carbocycles. The maximum atomic E-state index is 5.25. The van der Waals surface area contributed by atoms with Gasteiger partial charge in [-0.05, 0) is 12.8 Å². The predicted octanol–water partition coefficient (Wildman–Crippen LogP) is 1.35. The molecule has 0 atom stereocenters. The number of guanidine groups is 1. The molecule has 0 aliphatic carbocycles. The number of nitrogens with zero attached hydrogens (tertiary/aromatic N) is 4. The van der Waals surface area contributed by atoms with E-state index in [1.54, 1.807) is 14.0 Å². The lowest BCUT2D eigenvalue weighted by molar-refractivity contribution is 0.368. The van der Waals surface area contributed by atoms with Crippen molar-refractivity contribution < 1.29 is 9.05 Å². The molecule has 2 N–H and O–H groups in total. The SMILES string of the molecule is CN=C(NCc1cc(C(C)C)no1)NCc1nc(C)no1. The summed E-state index contributed by atoms with van der Waals surface area (Å²) in [6.07, 6.45) is 0. The molecule has 0 unspecified atom stereocenters. The van der Waals surface area contributed by atoms with Crippen molar-refractivity contribution in [3.63, 3.8) is 0 Å². The Hall–Kier alpha value is -2.38. The Morgan fingerprint density at radius 3 is 2.57 bits per heavy atom. The molecule has 0 amide bonds. The van der Waals surface area contributed by atoms with Gasteiger partial charge in [0.1, 0.15) is 0 Å². The molecule has 0 fully saturated rings. The zero-order chi connectivity index (χ0) is 15.2. The summed E-state index contributed by atoms with van der Waals surface area (Å²) in [5.74, 6) is 2.85. The van der Waals surface area contributed by atoms with Gasteiger partial charge in [-0.15, -0.1) is 0 Å². The maximum Gasteiger partial charge on any atom is 0.246 e. The van der Waals surface area contributed by atoms with Crippen LogP contribution in [0.25, 0.3) is 0 Å². The minimum atomic E-state index is 0.348. The summed E-state index contributed by atoms with van der Waals surface area (Å²) in [4.78, 5) is 8.22. The quantitative estimate of drug-likeness (QED) is 0.633. The normalized spacial score (nSPS) is 12.0. The van der Waals surface area contributed by atoms with Crippen molar-refractivity contribution in [2.75, 3.05) is 7.05 Å². The van der Waals surface area contributed by atoms with E-state index in [9.17, 15) is 0 Å². The minimum Gasteiger partial charge on any atom is -0.359 e. The van der Waals surface area contributed by atoms with E-state index in [1.807, 2.05) is 6.07 Å². The lowest BCUT2D eigenvalue weighted by Crippen LogP contribution is -2.36. The highest BCUT2D eigenvalue weighted by atomic mass is 16.5. The van der Waals surface area contributed by atoms with Crippen LogP contribution < -0.4 is 10.6 Å². The van der Waals surface area contributed by atoms with E-state index < -0.39 is 0 Å². The van der Waals surface area contributed by atoms with Gasteiger partial charge in [-0.3, -0.25) is 4.99 Å². The summed E-state index contributed by atoms with van der Waals surface area (Å²) in [6, 6.07) is 1.94. The van der Waals surface area contributed by atoms with Crippen LogP contribution in [0.1, 0.15) is 42.9 Å². The molecule has 2 aromatic rings. The van der Waals surface area contributed by atoms with Crippen LogP contribution in [0.15, 0.2) is 20.1 Å². The van der Waals surface area contributed by atoms with Crippen molar-refractivity contribution in [3.8, 4) is 0 Å². The van der Waals surface area contributed by atoms with Crippen molar-refractivity contribution in [2.45, 2.75) is 39.8 Å². The van der Waals surface area contributed by atoms with Crippen LogP contribution in [0.3, 0.4) is 0 Å². The van der Waals surface area contributed by atoms with Gasteiger partial charge in [0.2, 0.25) is 5.89 Å². The van der Waals surface area contributed by atoms with Crippen LogP contribution in [0.5, 0.6) is 0 Å². The molecule has 2 aromatic heterocycles. The maximum absolute atomic E-state index is 5.25. The predicted molar refractivity (Wildman–Crippen MR) is 76.7 cm³/mol. The molecule has 0 aliphatic heterocycles. The molecule has 0 aliphatic rings. The van der Waals surface area contributed by atoms with Gasteiger partial charge in [0.25, 0.3) is 0 Å². The summed E-state index contributed by atoms with van der Waals surface area (Å²) < 4.78 is 10.3. The van der Waals surface area contributed by atoms with Crippen LogP contribution in [0.2, 0.25) is 0 Å². The van der Waals surface area contributed by atoms with Crippen LogP contribution >= 0.6 is 0 Å². The van der Waals surface area contributed by atoms with Gasteiger partial charge >= 0.3 is 0 Å². The van der Waals surface area contributed by atoms with Gasteiger partial charge in [-0.1, -0.05) is 24.2 Å². The number of aryl methyl sites for hydroxylation is 1. The first-order chi connectivity index (χ1) is 10.1. The van der Waals surface area contributed by atoms with Crippen molar-refractivity contribution >= 4 is 5.96 Å². The molecular formula is C13H20N6O2. The molecular weight excluding hydrogens is 272 g/mol. The Bertz CT molecular complexity index is 601. The standard InChI is InChI=1S/C13H20N6O2/c1-8(2)11-5-10(20-19-11)6-15-13(14-4)16-7-12-17-9(3)18-21-12/h5,8H,6-7H2,1-4H3,(H2,14,15,16). The first-order valence-electron chi connectivity index (χ1n) is 6.77. The van der Waals surface area contributed by atoms with Crippen LogP contribution in [-0.2, 0) is 13.1 Å². The summed E-state index contributed by atoms with van der Waals surface area (Å²) in [5, 5.41) is 13.9. The van der Waals surface area contributed by atoms with Gasteiger partial charge < -0.3 is 19.7 Å². The monoisotopic (exact) mass is 292 g/mol. The molecule has 8 nitrogen and oxygen atoms in total. The first-order valence-corrected chi connectivity index (χ1v) is 6.77. The second-order valence-corrected chi connectivity index (χ2v) is 4.89. The van der Waals surface area contributed by atoms with Crippen molar-refractivity contribution in [1.82, 2.24) is 25.9 Å². The number of hydrogen-bond donors (Lipinski definition) is 2.